The average Bonchev–Trinajstić information content (AvgIpc) is 1.64. The van der Waals surface area contributed by atoms with Crippen molar-refractivity contribution in [3.8, 4) is 0 Å². The van der Waals surface area contributed by atoms with Crippen LogP contribution in [0.3, 0.4) is 0 Å². The number of halogens is 1. The van der Waals surface area contributed by atoms with Crippen molar-refractivity contribution in [1.82, 2.24) is 54.2 Å². The number of alkyl carbamates (subject to hydrolysis) is 2. The molecular weight excluding hydrogens is 1190 g/mol. The number of aromatic nitrogens is 9. The van der Waals surface area contributed by atoms with Crippen LogP contribution in [-0.4, -0.2) is 142 Å². The predicted octanol–water partition coefficient (Wildman–Crippen LogP) is 12.9. The molecule has 502 valence electrons. The van der Waals surface area contributed by atoms with E-state index in [0.717, 1.165) is 147 Å². The molecule has 6 aromatic heterocycles. The van der Waals surface area contributed by atoms with Crippen LogP contribution in [0.25, 0.3) is 33.1 Å². The molecule has 2 amide bonds. The molecule has 0 atom stereocenters. The number of hydrogen-bond donors (Lipinski definition) is 6. The third-order valence-corrected chi connectivity index (χ3v) is 20.8. The number of fused-ring (bicyclic) bond motifs is 12. The van der Waals surface area contributed by atoms with Crippen LogP contribution in [0.1, 0.15) is 232 Å². The summed E-state index contributed by atoms with van der Waals surface area (Å²) in [6.07, 6.45) is 41.8. The number of carbonyl (C=O) groups is 2. The molecule has 6 aliphatic carbocycles. The van der Waals surface area contributed by atoms with Crippen molar-refractivity contribution in [2.45, 2.75) is 279 Å². The number of nitrogens with zero attached hydrogens (tertiary/aromatic N) is 12. The van der Waals surface area contributed by atoms with Gasteiger partial charge >= 0.3 is 12.2 Å². The van der Waals surface area contributed by atoms with Crippen LogP contribution in [0, 0.1) is 0 Å². The van der Waals surface area contributed by atoms with E-state index >= 15 is 0 Å². The van der Waals surface area contributed by atoms with Crippen molar-refractivity contribution in [1.29, 1.82) is 0 Å². The van der Waals surface area contributed by atoms with Gasteiger partial charge in [0, 0.05) is 89.6 Å². The molecule has 6 saturated carbocycles. The monoisotopic (exact) mass is 1290 g/mol. The van der Waals surface area contributed by atoms with E-state index < -0.39 is 11.2 Å². The summed E-state index contributed by atoms with van der Waals surface area (Å²) in [6, 6.07) is 8.28. The highest BCUT2D eigenvalue weighted by Crippen LogP contribution is 2.44. The molecule has 6 aromatic rings. The van der Waals surface area contributed by atoms with E-state index in [4.69, 9.17) is 52.5 Å². The van der Waals surface area contributed by atoms with Crippen LogP contribution in [0.15, 0.2) is 51.8 Å². The third-order valence-electron chi connectivity index (χ3n) is 20.7. The van der Waals surface area contributed by atoms with E-state index in [-0.39, 0.29) is 40.9 Å². The number of rotatable bonds is 6. The largest absolute Gasteiger partial charge is 0.444 e. The fraction of sp³-hybridized carbons (Fsp3) is 0.671. The molecule has 6 fully saturated rings. The Bertz CT molecular complexity index is 3650. The fourth-order valence-electron chi connectivity index (χ4n) is 16.1. The molecule has 93 heavy (non-hydrogen) atoms. The highest BCUT2D eigenvalue weighted by atomic mass is 35.5. The Morgan fingerprint density at radius 3 is 1.13 bits per heavy atom. The summed E-state index contributed by atoms with van der Waals surface area (Å²) in [5.74, 6) is 1.45. The van der Waals surface area contributed by atoms with E-state index in [2.05, 4.69) is 78.1 Å². The van der Waals surface area contributed by atoms with Crippen molar-refractivity contribution in [2.24, 2.45) is 26.4 Å². The van der Waals surface area contributed by atoms with Gasteiger partial charge in [0.1, 0.15) is 28.1 Å². The molecule has 0 saturated heterocycles. The van der Waals surface area contributed by atoms with Crippen LogP contribution < -0.4 is 32.7 Å². The zero-order chi connectivity index (χ0) is 65.0. The SMILES string of the molecule is CC(C)(C)OC(=O)NC1CCC(N)CC1.CC(C)(C)OC(=O)NC1CCC(Nc2ncc3cc4n(c3n2)C2(CCCCC2)CN=C4)CC1.Clc1ncc2cc3n(c2n1)C1(CCCCC1)CN=C3.NC1CCC(Nc2ncc3cc4n(c3n2)C2(CCCCC2)CN=C4)CC1. The maximum absolute atomic E-state index is 12.1. The summed E-state index contributed by atoms with van der Waals surface area (Å²) >= 11 is 5.98. The molecule has 0 unspecified atom stereocenters. The minimum atomic E-state index is -0.473. The lowest BCUT2D eigenvalue weighted by molar-refractivity contribution is 0.0480. The number of nitrogens with two attached hydrogens (primary N) is 2. The van der Waals surface area contributed by atoms with E-state index in [1.807, 2.05) is 72.6 Å². The van der Waals surface area contributed by atoms with Gasteiger partial charge in [0.2, 0.25) is 17.2 Å². The second-order valence-electron chi connectivity index (χ2n) is 30.2. The van der Waals surface area contributed by atoms with Gasteiger partial charge in [-0.1, -0.05) is 57.8 Å². The predicted molar refractivity (Wildman–Crippen MR) is 371 cm³/mol. The number of ether oxygens (including phenoxy) is 2. The number of hydrogen-bond acceptors (Lipinski definition) is 17. The summed E-state index contributed by atoms with van der Waals surface area (Å²) in [5, 5.41) is 16.6. The Morgan fingerprint density at radius 2 is 0.774 bits per heavy atom. The van der Waals surface area contributed by atoms with E-state index in [1.54, 1.807) is 6.20 Å². The maximum atomic E-state index is 12.1. The minimum absolute atomic E-state index is 0.0705. The van der Waals surface area contributed by atoms with E-state index in [1.165, 1.54) is 102 Å². The zero-order valence-electron chi connectivity index (χ0n) is 55.9. The molecule has 8 N–H and O–H groups in total. The summed E-state index contributed by atoms with van der Waals surface area (Å²) in [7, 11) is 0. The molecule has 0 radical (unpaired) electrons. The van der Waals surface area contributed by atoms with Crippen molar-refractivity contribution >= 4 is 87.4 Å². The Balaban J connectivity index is 0.000000124. The lowest BCUT2D eigenvalue weighted by Gasteiger charge is -2.40. The summed E-state index contributed by atoms with van der Waals surface area (Å²) in [4.78, 5) is 65.2. The first-order valence-corrected chi connectivity index (χ1v) is 35.4. The van der Waals surface area contributed by atoms with Crippen LogP contribution in [0.2, 0.25) is 5.28 Å². The molecule has 0 aromatic carbocycles. The lowest BCUT2D eigenvalue weighted by atomic mass is 9.80. The Hall–Kier alpha value is -6.78. The fourth-order valence-corrected chi connectivity index (χ4v) is 16.2. The number of aliphatic imine (C=N–C) groups is 3. The van der Waals surface area contributed by atoms with Gasteiger partial charge in [0.05, 0.1) is 53.3 Å². The topological polar surface area (TPSA) is 282 Å². The Labute approximate surface area is 553 Å². The van der Waals surface area contributed by atoms with Gasteiger partial charge < -0.3 is 55.9 Å². The highest BCUT2D eigenvalue weighted by Gasteiger charge is 2.41. The highest BCUT2D eigenvalue weighted by molar-refractivity contribution is 6.28. The van der Waals surface area contributed by atoms with Gasteiger partial charge in [-0.2, -0.15) is 15.0 Å². The van der Waals surface area contributed by atoms with Crippen LogP contribution in [-0.2, 0) is 26.1 Å². The Kier molecular flexibility index (Phi) is 20.1. The minimum Gasteiger partial charge on any atom is -0.444 e. The molecule has 9 heterocycles. The first kappa shape index (κ1) is 66.2. The second kappa shape index (κ2) is 28.3. The second-order valence-corrected chi connectivity index (χ2v) is 30.5. The molecular formula is C70H101ClN18O4. The average molecular weight is 1290 g/mol. The van der Waals surface area contributed by atoms with Gasteiger partial charge in [-0.3, -0.25) is 15.0 Å². The van der Waals surface area contributed by atoms with Gasteiger partial charge in [0.25, 0.3) is 0 Å². The van der Waals surface area contributed by atoms with E-state index in [0.29, 0.717) is 35.4 Å². The van der Waals surface area contributed by atoms with Gasteiger partial charge in [-0.15, -0.1) is 0 Å². The third kappa shape index (κ3) is 15.8. The van der Waals surface area contributed by atoms with Crippen molar-refractivity contribution in [2.75, 3.05) is 30.3 Å². The standard InChI is InChI=1S/C25H36N6O2.C20H28N6.C14H15ClN4.C11H22N2O2/c1-24(2,3)33-23(32)29-19-9-7-18(8-10-19)28-22-27-14-17-13-20-15-26-16-25(11-5-4-6-12-25)31(20)21(17)30-22;21-15-4-6-16(7-5-15)24-19-23-11-14-10-17-12-22-13-20(8-2-1-3-9-20)26(17)18(14)25-19;15-13-17-7-10-6-11-8-16-9-14(4-2-1-3-5-14)19(11)12(10)18-13;1-11(2,3)15-10(14)13-9-6-4-8(12)5-7-9/h13-15,18-19H,4-12,16H2,1-3H3,(H,29,32)(H,27,28,30);10-12,15-16H,1-9,13,21H2,(H,23,24,25);6-8H,1-5,9H2;8-9H,4-7,12H2,1-3H3,(H,13,14). The molecule has 22 nitrogen and oxygen atoms in total. The van der Waals surface area contributed by atoms with Crippen LogP contribution >= 0.6 is 11.6 Å². The summed E-state index contributed by atoms with van der Waals surface area (Å²) in [5.41, 5.74) is 17.8. The van der Waals surface area contributed by atoms with Gasteiger partial charge in [-0.05, 0) is 187 Å². The summed E-state index contributed by atoms with van der Waals surface area (Å²) < 4.78 is 17.9. The number of carbonyl (C=O) groups excluding carboxylic acids is 2. The lowest BCUT2D eigenvalue weighted by Crippen LogP contribution is -2.42. The zero-order valence-corrected chi connectivity index (χ0v) is 56.7. The molecule has 3 spiro atoms. The first-order valence-electron chi connectivity index (χ1n) is 35.1. The molecule has 0 bridgehead atoms. The van der Waals surface area contributed by atoms with Crippen LogP contribution in [0.5, 0.6) is 0 Å². The van der Waals surface area contributed by atoms with Gasteiger partial charge in [0.15, 0.2) is 0 Å². The van der Waals surface area contributed by atoms with Crippen molar-refractivity contribution in [3.63, 3.8) is 0 Å². The molecule has 15 rings (SSSR count). The number of amides is 2. The molecule has 3 aliphatic heterocycles. The number of anilines is 2. The first-order chi connectivity index (χ1) is 44.7. The molecule has 23 heteroatoms. The normalized spacial score (nSPS) is 25.0. The van der Waals surface area contributed by atoms with Gasteiger partial charge in [-0.25, -0.2) is 24.5 Å². The Morgan fingerprint density at radius 1 is 0.462 bits per heavy atom. The van der Waals surface area contributed by atoms with Crippen molar-refractivity contribution < 1.29 is 19.1 Å². The van der Waals surface area contributed by atoms with Crippen molar-refractivity contribution in [3.05, 3.63) is 59.2 Å². The quantitative estimate of drug-likeness (QED) is 0.0846. The summed E-state index contributed by atoms with van der Waals surface area (Å²) in [6.45, 7) is 13.9. The van der Waals surface area contributed by atoms with E-state index in [9.17, 15) is 9.59 Å². The smallest absolute Gasteiger partial charge is 0.407 e. The van der Waals surface area contributed by atoms with Crippen LogP contribution in [0.4, 0.5) is 21.5 Å². The molecule has 9 aliphatic rings. The maximum Gasteiger partial charge on any atom is 0.407 e. The number of nitrogens with one attached hydrogen (secondary N) is 4.